The van der Waals surface area contributed by atoms with Crippen molar-refractivity contribution in [3.63, 3.8) is 0 Å². The Kier molecular flexibility index (Phi) is 8.38. The van der Waals surface area contributed by atoms with Gasteiger partial charge in [0.2, 0.25) is 5.91 Å². The van der Waals surface area contributed by atoms with Crippen molar-refractivity contribution in [2.24, 2.45) is 0 Å². The lowest BCUT2D eigenvalue weighted by Gasteiger charge is -2.30. The molecule has 0 saturated carbocycles. The number of carbonyl (C=O) groups excluding carboxylic acids is 2. The third-order valence-corrected chi connectivity index (χ3v) is 4.83. The van der Waals surface area contributed by atoms with Crippen LogP contribution in [0.25, 0.3) is 0 Å². The fraction of sp³-hybridized carbons (Fsp3) is 0.600. The molecule has 6 nitrogen and oxygen atoms in total. The lowest BCUT2D eigenvalue weighted by Crippen LogP contribution is -2.33. The molecule has 0 radical (unpaired) electrons. The highest BCUT2D eigenvalue weighted by atomic mass is 35.5. The molecule has 1 heterocycles. The highest BCUT2D eigenvalue weighted by molar-refractivity contribution is 6.32. The van der Waals surface area contributed by atoms with Crippen LogP contribution >= 0.6 is 11.6 Å². The van der Waals surface area contributed by atoms with E-state index in [0.717, 1.165) is 44.6 Å². The van der Waals surface area contributed by atoms with Crippen LogP contribution in [-0.4, -0.2) is 62.4 Å². The van der Waals surface area contributed by atoms with Crippen molar-refractivity contribution >= 4 is 34.8 Å². The molecule has 0 aliphatic carbocycles. The first-order valence-corrected chi connectivity index (χ1v) is 10.1. The first-order valence-electron chi connectivity index (χ1n) is 9.65. The van der Waals surface area contributed by atoms with Crippen molar-refractivity contribution in [2.75, 3.05) is 50.5 Å². The van der Waals surface area contributed by atoms with Crippen molar-refractivity contribution in [2.45, 2.75) is 38.0 Å². The summed E-state index contributed by atoms with van der Waals surface area (Å²) in [5.41, 5.74) is 2.12. The summed E-state index contributed by atoms with van der Waals surface area (Å²) in [6.45, 7) is 5.06. The molecule has 0 bridgehead atoms. The zero-order valence-corrected chi connectivity index (χ0v) is 17.3. The number of hydrogen-bond acceptors (Lipinski definition) is 4. The van der Waals surface area contributed by atoms with Gasteiger partial charge in [-0.05, 0) is 71.4 Å². The molecule has 7 heteroatoms. The molecule has 1 aromatic rings. The smallest absolute Gasteiger partial charge is 0.253 e. The second-order valence-electron chi connectivity index (χ2n) is 7.30. The molecule has 1 saturated heterocycles. The average molecular weight is 395 g/mol. The second-order valence-corrected chi connectivity index (χ2v) is 7.95. The molecule has 1 fully saturated rings. The van der Waals surface area contributed by atoms with E-state index >= 15 is 0 Å². The van der Waals surface area contributed by atoms with Crippen molar-refractivity contribution in [1.29, 1.82) is 0 Å². The molecule has 1 aliphatic heterocycles. The second kappa shape index (κ2) is 10.5. The van der Waals surface area contributed by atoms with Crippen LogP contribution in [0.1, 0.15) is 43.0 Å². The van der Waals surface area contributed by atoms with Crippen molar-refractivity contribution in [3.8, 4) is 0 Å². The lowest BCUT2D eigenvalue weighted by atomic mass is 10.1. The van der Waals surface area contributed by atoms with Gasteiger partial charge in [-0.15, -0.1) is 11.6 Å². The SMILES string of the molecule is C[C@@H](Cl)C(=O)Nc1ccc(N2CCCCC2)c(C(=O)NCCCN(C)C)c1. The fourth-order valence-electron chi connectivity index (χ4n) is 3.14. The number of anilines is 2. The molecule has 1 aromatic carbocycles. The van der Waals surface area contributed by atoms with Crippen molar-refractivity contribution < 1.29 is 9.59 Å². The topological polar surface area (TPSA) is 64.7 Å². The third kappa shape index (κ3) is 6.70. The maximum atomic E-state index is 12.8. The van der Waals surface area contributed by atoms with E-state index in [9.17, 15) is 9.59 Å². The molecule has 1 aliphatic rings. The minimum atomic E-state index is -0.630. The summed E-state index contributed by atoms with van der Waals surface area (Å²) in [7, 11) is 4.03. The highest BCUT2D eigenvalue weighted by Gasteiger charge is 2.20. The summed E-state index contributed by atoms with van der Waals surface area (Å²) < 4.78 is 0. The zero-order valence-electron chi connectivity index (χ0n) is 16.6. The van der Waals surface area contributed by atoms with Gasteiger partial charge in [-0.3, -0.25) is 9.59 Å². The van der Waals surface area contributed by atoms with Gasteiger partial charge >= 0.3 is 0 Å². The number of hydrogen-bond donors (Lipinski definition) is 2. The van der Waals surface area contributed by atoms with Gasteiger partial charge in [0.25, 0.3) is 5.91 Å². The molecule has 2 amide bonds. The van der Waals surface area contributed by atoms with Crippen LogP contribution in [0.3, 0.4) is 0 Å². The predicted octanol–water partition coefficient (Wildman–Crippen LogP) is 2.92. The van der Waals surface area contributed by atoms with Gasteiger partial charge in [-0.2, -0.15) is 0 Å². The van der Waals surface area contributed by atoms with Gasteiger partial charge in [0.05, 0.1) is 5.56 Å². The normalized spacial score (nSPS) is 15.5. The van der Waals surface area contributed by atoms with Crippen LogP contribution in [0.4, 0.5) is 11.4 Å². The molecule has 0 unspecified atom stereocenters. The summed E-state index contributed by atoms with van der Waals surface area (Å²) in [4.78, 5) is 29.1. The molecule has 27 heavy (non-hydrogen) atoms. The zero-order chi connectivity index (χ0) is 19.8. The Morgan fingerprint density at radius 2 is 1.93 bits per heavy atom. The van der Waals surface area contributed by atoms with Gasteiger partial charge in [0.1, 0.15) is 5.38 Å². The maximum absolute atomic E-state index is 12.8. The van der Waals surface area contributed by atoms with Gasteiger partial charge < -0.3 is 20.4 Å². The standard InChI is InChI=1S/C20H31ClN4O2/c1-15(21)19(26)23-16-8-9-18(25-12-5-4-6-13-25)17(14-16)20(27)22-10-7-11-24(2)3/h8-9,14-15H,4-7,10-13H2,1-3H3,(H,22,27)(H,23,26)/t15-/m1/s1. The molecule has 0 spiro atoms. The minimum absolute atomic E-state index is 0.107. The van der Waals surface area contributed by atoms with Crippen LogP contribution in [-0.2, 0) is 4.79 Å². The van der Waals surface area contributed by atoms with E-state index in [1.807, 2.05) is 26.2 Å². The molecule has 2 N–H and O–H groups in total. The van der Waals surface area contributed by atoms with Gasteiger partial charge in [-0.1, -0.05) is 0 Å². The molecule has 2 rings (SSSR count). The van der Waals surface area contributed by atoms with E-state index in [1.54, 1.807) is 13.0 Å². The van der Waals surface area contributed by atoms with Crippen molar-refractivity contribution in [1.82, 2.24) is 10.2 Å². The summed E-state index contributed by atoms with van der Waals surface area (Å²) in [6, 6.07) is 5.51. The summed E-state index contributed by atoms with van der Waals surface area (Å²) in [5.74, 6) is -0.385. The van der Waals surface area contributed by atoms with E-state index < -0.39 is 5.38 Å². The van der Waals surface area contributed by atoms with E-state index in [4.69, 9.17) is 11.6 Å². The minimum Gasteiger partial charge on any atom is -0.371 e. The fourth-order valence-corrected chi connectivity index (χ4v) is 3.19. The lowest BCUT2D eigenvalue weighted by molar-refractivity contribution is -0.115. The number of halogens is 1. The number of alkyl halides is 1. The predicted molar refractivity (Wildman–Crippen MR) is 112 cm³/mol. The number of piperidine rings is 1. The van der Waals surface area contributed by atoms with Crippen LogP contribution in [0.2, 0.25) is 0 Å². The van der Waals surface area contributed by atoms with Gasteiger partial charge in [0, 0.05) is 31.0 Å². The summed E-state index contributed by atoms with van der Waals surface area (Å²) >= 11 is 5.84. The number of carbonyl (C=O) groups is 2. The molecular formula is C20H31ClN4O2. The Morgan fingerprint density at radius 3 is 2.56 bits per heavy atom. The Balaban J connectivity index is 2.17. The molecule has 0 aromatic heterocycles. The average Bonchev–Trinajstić information content (AvgIpc) is 2.65. The Labute approximate surface area is 167 Å². The van der Waals surface area contributed by atoms with E-state index in [0.29, 0.717) is 17.8 Å². The van der Waals surface area contributed by atoms with E-state index in [-0.39, 0.29) is 11.8 Å². The maximum Gasteiger partial charge on any atom is 0.253 e. The van der Waals surface area contributed by atoms with Crippen molar-refractivity contribution in [3.05, 3.63) is 23.8 Å². The summed E-state index contributed by atoms with van der Waals surface area (Å²) in [5, 5.41) is 5.15. The number of nitrogens with one attached hydrogen (secondary N) is 2. The number of amides is 2. The largest absolute Gasteiger partial charge is 0.371 e. The molecule has 150 valence electrons. The monoisotopic (exact) mass is 394 g/mol. The van der Waals surface area contributed by atoms with Crippen LogP contribution in [0, 0.1) is 0 Å². The number of benzene rings is 1. The highest BCUT2D eigenvalue weighted by Crippen LogP contribution is 2.27. The third-order valence-electron chi connectivity index (χ3n) is 4.63. The van der Waals surface area contributed by atoms with Crippen LogP contribution < -0.4 is 15.5 Å². The quantitative estimate of drug-likeness (QED) is 0.525. The number of rotatable bonds is 8. The van der Waals surface area contributed by atoms with Gasteiger partial charge in [-0.25, -0.2) is 0 Å². The summed E-state index contributed by atoms with van der Waals surface area (Å²) in [6.07, 6.45) is 4.38. The molecule has 1 atom stereocenters. The first kappa shape index (κ1) is 21.5. The Hall–Kier alpha value is -1.79. The molecular weight excluding hydrogens is 364 g/mol. The number of nitrogens with zero attached hydrogens (tertiary/aromatic N) is 2. The van der Waals surface area contributed by atoms with Gasteiger partial charge in [0.15, 0.2) is 0 Å². The van der Waals surface area contributed by atoms with Crippen LogP contribution in [0.15, 0.2) is 18.2 Å². The van der Waals surface area contributed by atoms with E-state index in [2.05, 4.69) is 20.4 Å². The Bertz CT molecular complexity index is 643. The van der Waals surface area contributed by atoms with Crippen LogP contribution in [0.5, 0.6) is 0 Å². The van der Waals surface area contributed by atoms with E-state index in [1.165, 1.54) is 6.42 Å². The Morgan fingerprint density at radius 1 is 1.22 bits per heavy atom. The first-order chi connectivity index (χ1) is 12.9.